The lowest BCUT2D eigenvalue weighted by atomic mass is 10.1. The summed E-state index contributed by atoms with van der Waals surface area (Å²) in [6.45, 7) is 2.66. The monoisotopic (exact) mass is 305 g/mol. The molecule has 2 aromatic carbocycles. The van der Waals surface area contributed by atoms with Crippen molar-refractivity contribution >= 4 is 21.4 Å². The number of rotatable bonds is 5. The maximum Gasteiger partial charge on any atom is 0.238 e. The van der Waals surface area contributed by atoms with Gasteiger partial charge >= 0.3 is 0 Å². The average molecular weight is 305 g/mol. The SMILES string of the molecule is CCc1ccccc1CNc1cc(S(N)(=O)=O)ccc1N. The zero-order valence-corrected chi connectivity index (χ0v) is 12.7. The van der Waals surface area contributed by atoms with Gasteiger partial charge in [0.1, 0.15) is 0 Å². The first-order valence-corrected chi connectivity index (χ1v) is 8.19. The summed E-state index contributed by atoms with van der Waals surface area (Å²) in [4.78, 5) is 0.0444. The first-order chi connectivity index (χ1) is 9.91. The fraction of sp³-hybridized carbons (Fsp3) is 0.200. The lowest BCUT2D eigenvalue weighted by molar-refractivity contribution is 0.598. The zero-order chi connectivity index (χ0) is 15.5. The molecule has 0 unspecified atom stereocenters. The Morgan fingerprint density at radius 1 is 1.10 bits per heavy atom. The maximum atomic E-state index is 11.4. The summed E-state index contributed by atoms with van der Waals surface area (Å²) in [5, 5.41) is 8.30. The Labute approximate surface area is 125 Å². The first-order valence-electron chi connectivity index (χ1n) is 6.64. The molecule has 0 aliphatic heterocycles. The number of nitrogen functional groups attached to an aromatic ring is 1. The van der Waals surface area contributed by atoms with E-state index in [1.54, 1.807) is 0 Å². The highest BCUT2D eigenvalue weighted by Gasteiger charge is 2.10. The van der Waals surface area contributed by atoms with Gasteiger partial charge in [0.05, 0.1) is 16.3 Å². The molecule has 0 aliphatic rings. The fourth-order valence-corrected chi connectivity index (χ4v) is 2.67. The predicted molar refractivity (Wildman–Crippen MR) is 85.4 cm³/mol. The van der Waals surface area contributed by atoms with Crippen molar-refractivity contribution in [3.8, 4) is 0 Å². The predicted octanol–water partition coefficient (Wildman–Crippen LogP) is 2.09. The molecule has 0 bridgehead atoms. The Morgan fingerprint density at radius 3 is 2.38 bits per heavy atom. The molecule has 5 nitrogen and oxygen atoms in total. The van der Waals surface area contributed by atoms with Crippen molar-refractivity contribution in [1.82, 2.24) is 0 Å². The highest BCUT2D eigenvalue weighted by Crippen LogP contribution is 2.23. The van der Waals surface area contributed by atoms with E-state index in [-0.39, 0.29) is 4.90 Å². The van der Waals surface area contributed by atoms with Gasteiger partial charge in [-0.15, -0.1) is 0 Å². The van der Waals surface area contributed by atoms with Gasteiger partial charge in [0.15, 0.2) is 0 Å². The molecule has 21 heavy (non-hydrogen) atoms. The second-order valence-corrected chi connectivity index (χ2v) is 6.33. The second kappa shape index (κ2) is 6.15. The molecule has 0 aliphatic carbocycles. The van der Waals surface area contributed by atoms with Crippen LogP contribution < -0.4 is 16.2 Å². The van der Waals surface area contributed by atoms with Crippen molar-refractivity contribution in [3.63, 3.8) is 0 Å². The van der Waals surface area contributed by atoms with E-state index in [4.69, 9.17) is 10.9 Å². The van der Waals surface area contributed by atoms with Crippen LogP contribution in [0.3, 0.4) is 0 Å². The molecular weight excluding hydrogens is 286 g/mol. The van der Waals surface area contributed by atoms with Gasteiger partial charge in [-0.2, -0.15) is 0 Å². The number of anilines is 2. The molecule has 5 N–H and O–H groups in total. The molecule has 2 rings (SSSR count). The van der Waals surface area contributed by atoms with E-state index in [1.165, 1.54) is 23.8 Å². The van der Waals surface area contributed by atoms with Crippen LogP contribution in [0.1, 0.15) is 18.1 Å². The summed E-state index contributed by atoms with van der Waals surface area (Å²) in [6.07, 6.45) is 0.935. The second-order valence-electron chi connectivity index (χ2n) is 4.77. The smallest absolute Gasteiger partial charge is 0.238 e. The fourth-order valence-electron chi connectivity index (χ4n) is 2.13. The topological polar surface area (TPSA) is 98.2 Å². The van der Waals surface area contributed by atoms with Crippen LogP contribution in [0, 0.1) is 0 Å². The number of hydrogen-bond acceptors (Lipinski definition) is 4. The molecule has 0 saturated heterocycles. The number of primary sulfonamides is 1. The van der Waals surface area contributed by atoms with E-state index in [0.29, 0.717) is 17.9 Å². The first kappa shape index (κ1) is 15.3. The molecule has 0 spiro atoms. The zero-order valence-electron chi connectivity index (χ0n) is 11.8. The Bertz CT molecular complexity index is 742. The third-order valence-corrected chi connectivity index (χ3v) is 4.23. The van der Waals surface area contributed by atoms with Gasteiger partial charge in [0, 0.05) is 6.54 Å². The summed E-state index contributed by atoms with van der Waals surface area (Å²) < 4.78 is 22.8. The number of nitrogens with one attached hydrogen (secondary N) is 1. The molecule has 0 atom stereocenters. The average Bonchev–Trinajstić information content (AvgIpc) is 2.45. The summed E-state index contributed by atoms with van der Waals surface area (Å²) in [5.74, 6) is 0. The molecule has 0 radical (unpaired) electrons. The van der Waals surface area contributed by atoms with Crippen LogP contribution in [-0.4, -0.2) is 8.42 Å². The number of aryl methyl sites for hydroxylation is 1. The Hall–Kier alpha value is -2.05. The minimum absolute atomic E-state index is 0.0444. The standard InChI is InChI=1S/C15H19N3O2S/c1-2-11-5-3-4-6-12(11)10-18-15-9-13(21(17,19)20)7-8-14(15)16/h3-9,18H,2,10,16H2,1H3,(H2,17,19,20). The van der Waals surface area contributed by atoms with Crippen LogP contribution in [0.5, 0.6) is 0 Å². The molecule has 112 valence electrons. The van der Waals surface area contributed by atoms with Gasteiger partial charge < -0.3 is 11.1 Å². The van der Waals surface area contributed by atoms with Crippen LogP contribution >= 0.6 is 0 Å². The lowest BCUT2D eigenvalue weighted by Gasteiger charge is -2.13. The van der Waals surface area contributed by atoms with Gasteiger partial charge in [-0.3, -0.25) is 0 Å². The van der Waals surface area contributed by atoms with Gasteiger partial charge in [0.2, 0.25) is 10.0 Å². The van der Waals surface area contributed by atoms with Crippen LogP contribution in [0.2, 0.25) is 0 Å². The Morgan fingerprint density at radius 2 is 1.76 bits per heavy atom. The van der Waals surface area contributed by atoms with Crippen LogP contribution in [0.15, 0.2) is 47.4 Å². The Balaban J connectivity index is 2.24. The maximum absolute atomic E-state index is 11.4. The highest BCUT2D eigenvalue weighted by atomic mass is 32.2. The van der Waals surface area contributed by atoms with Crippen LogP contribution in [-0.2, 0) is 23.0 Å². The molecule has 0 aromatic heterocycles. The van der Waals surface area contributed by atoms with Crippen molar-refractivity contribution < 1.29 is 8.42 Å². The van der Waals surface area contributed by atoms with Crippen LogP contribution in [0.25, 0.3) is 0 Å². The summed E-state index contributed by atoms with van der Waals surface area (Å²) in [5.41, 5.74) is 9.31. The highest BCUT2D eigenvalue weighted by molar-refractivity contribution is 7.89. The van der Waals surface area contributed by atoms with Gasteiger partial charge in [-0.1, -0.05) is 31.2 Å². The van der Waals surface area contributed by atoms with Gasteiger partial charge in [-0.05, 0) is 35.7 Å². The van der Waals surface area contributed by atoms with Crippen molar-refractivity contribution in [2.75, 3.05) is 11.1 Å². The molecule has 6 heteroatoms. The largest absolute Gasteiger partial charge is 0.397 e. The van der Waals surface area contributed by atoms with Crippen molar-refractivity contribution in [3.05, 3.63) is 53.6 Å². The molecular formula is C15H19N3O2S. The molecule has 2 aromatic rings. The lowest BCUT2D eigenvalue weighted by Crippen LogP contribution is -2.13. The Kier molecular flexibility index (Phi) is 4.50. The van der Waals surface area contributed by atoms with E-state index in [2.05, 4.69) is 18.3 Å². The van der Waals surface area contributed by atoms with Crippen molar-refractivity contribution in [2.24, 2.45) is 5.14 Å². The van der Waals surface area contributed by atoms with E-state index in [9.17, 15) is 8.42 Å². The molecule has 0 fully saturated rings. The van der Waals surface area contributed by atoms with E-state index in [0.717, 1.165) is 12.0 Å². The molecule has 0 heterocycles. The van der Waals surface area contributed by atoms with Gasteiger partial charge in [-0.25, -0.2) is 13.6 Å². The minimum Gasteiger partial charge on any atom is -0.397 e. The van der Waals surface area contributed by atoms with E-state index in [1.807, 2.05) is 18.2 Å². The number of sulfonamides is 1. The summed E-state index contributed by atoms with van der Waals surface area (Å²) in [7, 11) is -3.73. The third kappa shape index (κ3) is 3.74. The molecule has 0 saturated carbocycles. The van der Waals surface area contributed by atoms with Crippen molar-refractivity contribution in [2.45, 2.75) is 24.8 Å². The quantitative estimate of drug-likeness (QED) is 0.737. The van der Waals surface area contributed by atoms with E-state index >= 15 is 0 Å². The summed E-state index contributed by atoms with van der Waals surface area (Å²) in [6, 6.07) is 12.5. The number of nitrogens with two attached hydrogens (primary N) is 2. The normalized spacial score (nSPS) is 11.3. The number of benzene rings is 2. The minimum atomic E-state index is -3.73. The number of hydrogen-bond donors (Lipinski definition) is 3. The molecule has 0 amide bonds. The summed E-state index contributed by atoms with van der Waals surface area (Å²) >= 11 is 0. The third-order valence-electron chi connectivity index (χ3n) is 3.32. The van der Waals surface area contributed by atoms with Gasteiger partial charge in [0.25, 0.3) is 0 Å². The van der Waals surface area contributed by atoms with Crippen molar-refractivity contribution in [1.29, 1.82) is 0 Å². The van der Waals surface area contributed by atoms with Crippen LogP contribution in [0.4, 0.5) is 11.4 Å². The van der Waals surface area contributed by atoms with E-state index < -0.39 is 10.0 Å².